The van der Waals surface area contributed by atoms with Crippen LogP contribution >= 0.6 is 0 Å². The molecule has 2 aromatic carbocycles. The average molecular weight is 230 g/mol. The van der Waals surface area contributed by atoms with Crippen LogP contribution < -0.4 is 16.2 Å². The molecule has 88 valence electrons. The normalized spacial score (nSPS) is 10.2. The van der Waals surface area contributed by atoms with Gasteiger partial charge in [-0.1, -0.05) is 6.07 Å². The zero-order chi connectivity index (χ0) is 12.4. The van der Waals surface area contributed by atoms with Gasteiger partial charge in [-0.2, -0.15) is 0 Å². The summed E-state index contributed by atoms with van der Waals surface area (Å²) < 4.78 is 5.02. The van der Waals surface area contributed by atoms with Gasteiger partial charge in [0.05, 0.1) is 7.11 Å². The van der Waals surface area contributed by atoms with Crippen LogP contribution in [0.4, 0.5) is 11.4 Å². The van der Waals surface area contributed by atoms with Gasteiger partial charge in [0, 0.05) is 28.6 Å². The molecule has 0 heterocycles. The van der Waals surface area contributed by atoms with Crippen molar-refractivity contribution in [2.24, 2.45) is 0 Å². The third kappa shape index (κ3) is 2.10. The lowest BCUT2D eigenvalue weighted by atomic mass is 10.0. The van der Waals surface area contributed by atoms with Crippen LogP contribution in [0.3, 0.4) is 0 Å². The Hall–Kier alpha value is -2.36. The van der Waals surface area contributed by atoms with Crippen LogP contribution in [0.5, 0.6) is 11.5 Å². The van der Waals surface area contributed by atoms with Crippen LogP contribution in [0, 0.1) is 0 Å². The van der Waals surface area contributed by atoms with E-state index in [1.807, 2.05) is 0 Å². The van der Waals surface area contributed by atoms with E-state index in [1.54, 1.807) is 43.5 Å². The monoisotopic (exact) mass is 230 g/mol. The Morgan fingerprint density at radius 1 is 1.00 bits per heavy atom. The molecule has 0 aliphatic carbocycles. The smallest absolute Gasteiger partial charge is 0.127 e. The fraction of sp³-hybridized carbons (Fsp3) is 0.0769. The summed E-state index contributed by atoms with van der Waals surface area (Å²) in [5.41, 5.74) is 14.0. The first kappa shape index (κ1) is 11.1. The molecule has 0 spiro atoms. The van der Waals surface area contributed by atoms with E-state index in [2.05, 4.69) is 0 Å². The molecule has 2 aromatic rings. The standard InChI is InChI=1S/C13H14N2O2/c1-17-9-3-5-11(13(16)7-9)10-4-2-8(14)6-12(10)15/h2-7,16H,14-15H2,1H3. The highest BCUT2D eigenvalue weighted by molar-refractivity contribution is 5.82. The maximum absolute atomic E-state index is 9.90. The lowest BCUT2D eigenvalue weighted by Gasteiger charge is -2.10. The second-order valence-corrected chi connectivity index (χ2v) is 3.73. The van der Waals surface area contributed by atoms with Gasteiger partial charge in [0.25, 0.3) is 0 Å². The number of hydrogen-bond donors (Lipinski definition) is 3. The number of hydrogen-bond acceptors (Lipinski definition) is 4. The summed E-state index contributed by atoms with van der Waals surface area (Å²) in [5.74, 6) is 0.723. The van der Waals surface area contributed by atoms with Crippen LogP contribution in [0.1, 0.15) is 0 Å². The minimum Gasteiger partial charge on any atom is -0.507 e. The van der Waals surface area contributed by atoms with E-state index >= 15 is 0 Å². The molecule has 0 bridgehead atoms. The quantitative estimate of drug-likeness (QED) is 0.691. The molecule has 2 rings (SSSR count). The van der Waals surface area contributed by atoms with Gasteiger partial charge in [0.1, 0.15) is 11.5 Å². The number of ether oxygens (including phenoxy) is 1. The largest absolute Gasteiger partial charge is 0.507 e. The van der Waals surface area contributed by atoms with Crippen LogP contribution in [0.15, 0.2) is 36.4 Å². The van der Waals surface area contributed by atoms with Gasteiger partial charge < -0.3 is 21.3 Å². The zero-order valence-electron chi connectivity index (χ0n) is 9.47. The Morgan fingerprint density at radius 2 is 1.71 bits per heavy atom. The number of aromatic hydroxyl groups is 1. The van der Waals surface area contributed by atoms with E-state index in [-0.39, 0.29) is 5.75 Å². The minimum absolute atomic E-state index is 0.126. The van der Waals surface area contributed by atoms with E-state index in [0.29, 0.717) is 22.7 Å². The molecule has 0 amide bonds. The third-order valence-electron chi connectivity index (χ3n) is 2.57. The van der Waals surface area contributed by atoms with Crippen molar-refractivity contribution in [2.45, 2.75) is 0 Å². The molecule has 4 nitrogen and oxygen atoms in total. The summed E-state index contributed by atoms with van der Waals surface area (Å²) in [4.78, 5) is 0. The van der Waals surface area contributed by atoms with Crippen molar-refractivity contribution < 1.29 is 9.84 Å². The predicted molar refractivity (Wildman–Crippen MR) is 68.9 cm³/mol. The molecule has 0 aliphatic rings. The maximum Gasteiger partial charge on any atom is 0.127 e. The number of anilines is 2. The molecule has 17 heavy (non-hydrogen) atoms. The zero-order valence-corrected chi connectivity index (χ0v) is 9.47. The first-order valence-electron chi connectivity index (χ1n) is 5.14. The second-order valence-electron chi connectivity index (χ2n) is 3.73. The summed E-state index contributed by atoms with van der Waals surface area (Å²) in [5, 5.41) is 9.90. The average Bonchev–Trinajstić information content (AvgIpc) is 2.30. The van der Waals surface area contributed by atoms with Crippen LogP contribution in [0.25, 0.3) is 11.1 Å². The van der Waals surface area contributed by atoms with Crippen molar-refractivity contribution in [3.05, 3.63) is 36.4 Å². The second kappa shape index (κ2) is 4.25. The predicted octanol–water partition coefficient (Wildman–Crippen LogP) is 2.23. The molecule has 0 aromatic heterocycles. The van der Waals surface area contributed by atoms with E-state index in [0.717, 1.165) is 5.56 Å². The van der Waals surface area contributed by atoms with Crippen LogP contribution in [-0.2, 0) is 0 Å². The molecule has 0 aliphatic heterocycles. The number of nitrogen functional groups attached to an aromatic ring is 2. The highest BCUT2D eigenvalue weighted by Crippen LogP contribution is 2.36. The Morgan fingerprint density at radius 3 is 2.29 bits per heavy atom. The number of nitrogens with two attached hydrogens (primary N) is 2. The third-order valence-corrected chi connectivity index (χ3v) is 2.57. The van der Waals surface area contributed by atoms with Crippen molar-refractivity contribution in [3.63, 3.8) is 0 Å². The van der Waals surface area contributed by atoms with E-state index in [9.17, 15) is 5.11 Å². The highest BCUT2D eigenvalue weighted by atomic mass is 16.5. The topological polar surface area (TPSA) is 81.5 Å². The fourth-order valence-corrected chi connectivity index (χ4v) is 1.69. The number of rotatable bonds is 2. The van der Waals surface area contributed by atoms with Crippen molar-refractivity contribution in [2.75, 3.05) is 18.6 Å². The first-order valence-corrected chi connectivity index (χ1v) is 5.14. The van der Waals surface area contributed by atoms with Gasteiger partial charge in [-0.15, -0.1) is 0 Å². The highest BCUT2D eigenvalue weighted by Gasteiger charge is 2.08. The number of phenols is 1. The molecule has 0 radical (unpaired) electrons. The fourth-order valence-electron chi connectivity index (χ4n) is 1.69. The molecule has 0 saturated carbocycles. The SMILES string of the molecule is COc1ccc(-c2ccc(N)cc2N)c(O)c1. The summed E-state index contributed by atoms with van der Waals surface area (Å²) >= 11 is 0. The minimum atomic E-state index is 0.126. The Balaban J connectivity index is 2.53. The Bertz CT molecular complexity index is 553. The molecule has 4 heteroatoms. The molecular formula is C13H14N2O2. The van der Waals surface area contributed by atoms with Gasteiger partial charge in [-0.3, -0.25) is 0 Å². The molecule has 0 saturated heterocycles. The van der Waals surface area contributed by atoms with Gasteiger partial charge in [0.2, 0.25) is 0 Å². The summed E-state index contributed by atoms with van der Waals surface area (Å²) in [7, 11) is 1.55. The van der Waals surface area contributed by atoms with E-state index in [1.165, 1.54) is 0 Å². The number of methoxy groups -OCH3 is 1. The molecular weight excluding hydrogens is 216 g/mol. The van der Waals surface area contributed by atoms with E-state index in [4.69, 9.17) is 16.2 Å². The van der Waals surface area contributed by atoms with Crippen molar-refractivity contribution >= 4 is 11.4 Å². The number of phenolic OH excluding ortho intramolecular Hbond substituents is 1. The van der Waals surface area contributed by atoms with Gasteiger partial charge in [-0.25, -0.2) is 0 Å². The van der Waals surface area contributed by atoms with Crippen molar-refractivity contribution in [1.29, 1.82) is 0 Å². The van der Waals surface area contributed by atoms with Crippen molar-refractivity contribution in [3.8, 4) is 22.6 Å². The van der Waals surface area contributed by atoms with Crippen molar-refractivity contribution in [1.82, 2.24) is 0 Å². The lowest BCUT2D eigenvalue weighted by molar-refractivity contribution is 0.408. The van der Waals surface area contributed by atoms with Gasteiger partial charge in [-0.05, 0) is 24.3 Å². The Labute approximate surface area is 99.4 Å². The molecule has 0 unspecified atom stereocenters. The maximum atomic E-state index is 9.90. The number of benzene rings is 2. The Kier molecular flexibility index (Phi) is 2.78. The van der Waals surface area contributed by atoms with Gasteiger partial charge >= 0.3 is 0 Å². The van der Waals surface area contributed by atoms with Crippen LogP contribution in [0.2, 0.25) is 0 Å². The van der Waals surface area contributed by atoms with Gasteiger partial charge in [0.15, 0.2) is 0 Å². The first-order chi connectivity index (χ1) is 8.11. The molecule has 0 atom stereocenters. The molecule has 0 fully saturated rings. The summed E-state index contributed by atoms with van der Waals surface area (Å²) in [6.45, 7) is 0. The summed E-state index contributed by atoms with van der Waals surface area (Å²) in [6, 6.07) is 10.3. The lowest BCUT2D eigenvalue weighted by Crippen LogP contribution is -1.93. The van der Waals surface area contributed by atoms with Crippen LogP contribution in [-0.4, -0.2) is 12.2 Å². The molecule has 5 N–H and O–H groups in total. The summed E-state index contributed by atoms with van der Waals surface area (Å²) in [6.07, 6.45) is 0. The van der Waals surface area contributed by atoms with E-state index < -0.39 is 0 Å².